The summed E-state index contributed by atoms with van der Waals surface area (Å²) in [4.78, 5) is 6.42. The fraction of sp³-hybridized carbons (Fsp3) is 0.467. The lowest BCUT2D eigenvalue weighted by Gasteiger charge is -2.30. The van der Waals surface area contributed by atoms with Crippen molar-refractivity contribution in [1.82, 2.24) is 4.90 Å². The van der Waals surface area contributed by atoms with E-state index in [1.54, 1.807) is 4.90 Å². The smallest absolute Gasteiger partial charge is 0.179 e. The highest BCUT2D eigenvalue weighted by atomic mass is 15.1. The predicted octanol–water partition coefficient (Wildman–Crippen LogP) is 2.83. The van der Waals surface area contributed by atoms with Gasteiger partial charge < -0.3 is 4.90 Å². The van der Waals surface area contributed by atoms with Crippen LogP contribution in [0.25, 0.3) is 0 Å². The van der Waals surface area contributed by atoms with Gasteiger partial charge in [0.05, 0.1) is 6.04 Å². The zero-order chi connectivity index (χ0) is 12.8. The summed E-state index contributed by atoms with van der Waals surface area (Å²) >= 11 is 0. The fourth-order valence-electron chi connectivity index (χ4n) is 2.41. The van der Waals surface area contributed by atoms with Crippen molar-refractivity contribution >= 4 is 6.21 Å². The van der Waals surface area contributed by atoms with E-state index >= 15 is 0 Å². The third kappa shape index (κ3) is 3.33. The van der Waals surface area contributed by atoms with Crippen LogP contribution in [0.3, 0.4) is 0 Å². The van der Waals surface area contributed by atoms with Gasteiger partial charge in [-0.2, -0.15) is 5.26 Å². The van der Waals surface area contributed by atoms with Gasteiger partial charge in [0, 0.05) is 19.3 Å². The minimum atomic E-state index is 0.415. The molecule has 1 aliphatic carbocycles. The van der Waals surface area contributed by atoms with Crippen LogP contribution in [0.1, 0.15) is 31.2 Å². The Morgan fingerprint density at radius 3 is 2.50 bits per heavy atom. The highest BCUT2D eigenvalue weighted by Crippen LogP contribution is 2.24. The molecule has 0 saturated heterocycles. The summed E-state index contributed by atoms with van der Waals surface area (Å²) < 4.78 is 0. The molecular formula is C15H19N3. The molecule has 0 unspecified atom stereocenters. The van der Waals surface area contributed by atoms with E-state index in [-0.39, 0.29) is 0 Å². The first-order valence-electron chi connectivity index (χ1n) is 6.50. The molecule has 0 heterocycles. The topological polar surface area (TPSA) is 39.4 Å². The van der Waals surface area contributed by atoms with Crippen LogP contribution in [0.4, 0.5) is 0 Å². The van der Waals surface area contributed by atoms with Crippen molar-refractivity contribution < 1.29 is 0 Å². The van der Waals surface area contributed by atoms with E-state index in [2.05, 4.69) is 23.3 Å². The molecule has 1 aliphatic rings. The van der Waals surface area contributed by atoms with Gasteiger partial charge in [0.25, 0.3) is 0 Å². The molecule has 3 nitrogen and oxygen atoms in total. The van der Waals surface area contributed by atoms with Crippen molar-refractivity contribution in [3.63, 3.8) is 0 Å². The molecule has 0 bridgehead atoms. The summed E-state index contributed by atoms with van der Waals surface area (Å²) in [5.41, 5.74) is 1.16. The molecule has 0 aliphatic heterocycles. The minimum Gasteiger partial charge on any atom is -0.311 e. The van der Waals surface area contributed by atoms with Gasteiger partial charge in [-0.15, -0.1) is 0 Å². The Labute approximate surface area is 109 Å². The van der Waals surface area contributed by atoms with Crippen LogP contribution >= 0.6 is 0 Å². The Balaban J connectivity index is 1.84. The molecule has 0 N–H and O–H groups in total. The largest absolute Gasteiger partial charge is 0.311 e. The molecule has 0 atom stereocenters. The Kier molecular flexibility index (Phi) is 4.35. The molecule has 1 saturated carbocycles. The van der Waals surface area contributed by atoms with Crippen molar-refractivity contribution in [1.29, 1.82) is 5.26 Å². The summed E-state index contributed by atoms with van der Waals surface area (Å²) in [5.74, 6) is 0. The Bertz CT molecular complexity index is 425. The third-order valence-electron chi connectivity index (χ3n) is 3.61. The third-order valence-corrected chi connectivity index (χ3v) is 3.61. The second-order valence-corrected chi connectivity index (χ2v) is 4.86. The molecule has 0 amide bonds. The fourth-order valence-corrected chi connectivity index (χ4v) is 2.41. The number of hydrogen-bond donors (Lipinski definition) is 0. The van der Waals surface area contributed by atoms with E-state index in [1.807, 2.05) is 31.5 Å². The van der Waals surface area contributed by atoms with E-state index in [1.165, 1.54) is 0 Å². The van der Waals surface area contributed by atoms with E-state index in [0.29, 0.717) is 12.1 Å². The van der Waals surface area contributed by atoms with Gasteiger partial charge in [-0.05, 0) is 31.2 Å². The van der Waals surface area contributed by atoms with Crippen LogP contribution in [-0.2, 0) is 0 Å². The monoisotopic (exact) mass is 241 g/mol. The maximum absolute atomic E-state index is 8.85. The average molecular weight is 241 g/mol. The number of nitrogens with zero attached hydrogens (tertiary/aromatic N) is 3. The van der Waals surface area contributed by atoms with E-state index in [0.717, 1.165) is 31.2 Å². The van der Waals surface area contributed by atoms with E-state index in [9.17, 15) is 0 Å². The van der Waals surface area contributed by atoms with Gasteiger partial charge in [0.2, 0.25) is 0 Å². The van der Waals surface area contributed by atoms with E-state index < -0.39 is 0 Å². The predicted molar refractivity (Wildman–Crippen MR) is 73.5 cm³/mol. The lowest BCUT2D eigenvalue weighted by molar-refractivity contribution is 0.249. The SMILES string of the molecule is CN(C#N)C1CCC(/N=C/c2ccccc2)CC1. The Morgan fingerprint density at radius 2 is 1.89 bits per heavy atom. The average Bonchev–Trinajstić information content (AvgIpc) is 2.46. The molecule has 0 aromatic heterocycles. The quantitative estimate of drug-likeness (QED) is 0.464. The molecule has 3 heteroatoms. The summed E-state index contributed by atoms with van der Waals surface area (Å²) in [6.07, 6.45) is 8.48. The zero-order valence-corrected chi connectivity index (χ0v) is 10.8. The normalized spacial score (nSPS) is 23.8. The first kappa shape index (κ1) is 12.6. The van der Waals surface area contributed by atoms with Crippen molar-refractivity contribution in [2.45, 2.75) is 37.8 Å². The zero-order valence-electron chi connectivity index (χ0n) is 10.8. The first-order valence-corrected chi connectivity index (χ1v) is 6.50. The molecule has 0 radical (unpaired) electrons. The van der Waals surface area contributed by atoms with Crippen molar-refractivity contribution in [2.75, 3.05) is 7.05 Å². The number of aliphatic imine (C=N–C) groups is 1. The number of nitriles is 1. The van der Waals surface area contributed by atoms with Gasteiger partial charge >= 0.3 is 0 Å². The highest BCUT2D eigenvalue weighted by molar-refractivity contribution is 5.79. The lowest BCUT2D eigenvalue weighted by Crippen LogP contribution is -2.32. The standard InChI is InChI=1S/C15H19N3/c1-18(12-16)15-9-7-14(8-10-15)17-11-13-5-3-2-4-6-13/h2-6,11,14-15H,7-10H2,1H3/b17-11+. The van der Waals surface area contributed by atoms with Crippen LogP contribution in [0, 0.1) is 11.5 Å². The second-order valence-electron chi connectivity index (χ2n) is 4.86. The number of rotatable bonds is 3. The van der Waals surface area contributed by atoms with Gasteiger partial charge in [-0.1, -0.05) is 30.3 Å². The summed E-state index contributed by atoms with van der Waals surface area (Å²) in [7, 11) is 1.87. The van der Waals surface area contributed by atoms with Gasteiger partial charge in [-0.3, -0.25) is 4.99 Å². The maximum atomic E-state index is 8.85. The molecule has 1 fully saturated rings. The molecule has 1 aromatic rings. The summed E-state index contributed by atoms with van der Waals surface area (Å²) in [5, 5.41) is 8.85. The second kappa shape index (κ2) is 6.20. The van der Waals surface area contributed by atoms with Crippen LogP contribution in [0.2, 0.25) is 0 Å². The lowest BCUT2D eigenvalue weighted by atomic mass is 9.91. The highest BCUT2D eigenvalue weighted by Gasteiger charge is 2.22. The maximum Gasteiger partial charge on any atom is 0.179 e. The van der Waals surface area contributed by atoms with Gasteiger partial charge in [0.15, 0.2) is 6.19 Å². The van der Waals surface area contributed by atoms with Crippen molar-refractivity contribution in [3.8, 4) is 6.19 Å². The number of hydrogen-bond acceptors (Lipinski definition) is 3. The van der Waals surface area contributed by atoms with Gasteiger partial charge in [0.1, 0.15) is 0 Å². The minimum absolute atomic E-state index is 0.415. The summed E-state index contributed by atoms with van der Waals surface area (Å²) in [6.45, 7) is 0. The first-order chi connectivity index (χ1) is 8.79. The van der Waals surface area contributed by atoms with Crippen LogP contribution in [0.15, 0.2) is 35.3 Å². The summed E-state index contributed by atoms with van der Waals surface area (Å²) in [6, 6.07) is 11.0. The molecule has 94 valence electrons. The molecular weight excluding hydrogens is 222 g/mol. The van der Waals surface area contributed by atoms with Crippen molar-refractivity contribution in [3.05, 3.63) is 35.9 Å². The van der Waals surface area contributed by atoms with Gasteiger partial charge in [-0.25, -0.2) is 0 Å². The van der Waals surface area contributed by atoms with Crippen molar-refractivity contribution in [2.24, 2.45) is 4.99 Å². The van der Waals surface area contributed by atoms with Crippen LogP contribution < -0.4 is 0 Å². The van der Waals surface area contributed by atoms with E-state index in [4.69, 9.17) is 5.26 Å². The Hall–Kier alpha value is -1.82. The Morgan fingerprint density at radius 1 is 1.22 bits per heavy atom. The van der Waals surface area contributed by atoms with Crippen LogP contribution in [0.5, 0.6) is 0 Å². The molecule has 1 aromatic carbocycles. The molecule has 2 rings (SSSR count). The molecule has 0 spiro atoms. The van der Waals surface area contributed by atoms with Crippen LogP contribution in [-0.4, -0.2) is 30.2 Å². The number of benzene rings is 1. The molecule has 18 heavy (non-hydrogen) atoms.